The van der Waals surface area contributed by atoms with Crippen molar-refractivity contribution in [2.24, 2.45) is 0 Å². The van der Waals surface area contributed by atoms with Gasteiger partial charge in [-0.2, -0.15) is 13.7 Å². The van der Waals surface area contributed by atoms with E-state index in [-0.39, 0.29) is 16.4 Å². The van der Waals surface area contributed by atoms with Crippen molar-refractivity contribution in [1.82, 2.24) is 0 Å². The minimum absolute atomic E-state index is 0.00784. The summed E-state index contributed by atoms with van der Waals surface area (Å²) in [6, 6.07) is 17.9. The number of rotatable bonds is 6. The van der Waals surface area contributed by atoms with Gasteiger partial charge >= 0.3 is 10.1 Å². The third kappa shape index (κ3) is 5.41. The molecule has 0 spiro atoms. The number of hydrogen-bond acceptors (Lipinski definition) is 5. The van der Waals surface area contributed by atoms with E-state index in [0.29, 0.717) is 31.2 Å². The molecular formula is C22H14BrCl2NO4S. The van der Waals surface area contributed by atoms with Gasteiger partial charge in [-0.15, -0.1) is 0 Å². The van der Waals surface area contributed by atoms with E-state index in [1.54, 1.807) is 54.6 Å². The van der Waals surface area contributed by atoms with Gasteiger partial charge in [-0.3, -0.25) is 0 Å². The fraction of sp³-hybridized carbons (Fsp3) is 0.0455. The number of nitriles is 1. The van der Waals surface area contributed by atoms with Gasteiger partial charge in [0.15, 0.2) is 11.5 Å². The van der Waals surface area contributed by atoms with Crippen molar-refractivity contribution < 1.29 is 17.3 Å². The van der Waals surface area contributed by atoms with Crippen LogP contribution in [-0.2, 0) is 10.1 Å². The maximum atomic E-state index is 12.6. The number of ether oxygens (including phenoxy) is 1. The summed E-state index contributed by atoms with van der Waals surface area (Å²) in [4.78, 5) is 0.0112. The number of methoxy groups -OCH3 is 1. The quantitative estimate of drug-likeness (QED) is 0.201. The first-order valence-electron chi connectivity index (χ1n) is 8.69. The number of halogens is 3. The molecule has 3 rings (SSSR count). The molecule has 5 nitrogen and oxygen atoms in total. The summed E-state index contributed by atoms with van der Waals surface area (Å²) >= 11 is 15.5. The van der Waals surface area contributed by atoms with Crippen LogP contribution in [0.4, 0.5) is 0 Å². The highest BCUT2D eigenvalue weighted by atomic mass is 79.9. The van der Waals surface area contributed by atoms with Crippen molar-refractivity contribution >= 4 is 60.9 Å². The first-order chi connectivity index (χ1) is 14.7. The Labute approximate surface area is 198 Å². The number of hydrogen-bond donors (Lipinski definition) is 0. The lowest BCUT2D eigenvalue weighted by Gasteiger charge is -2.13. The highest BCUT2D eigenvalue weighted by Gasteiger charge is 2.22. The average molecular weight is 539 g/mol. The first-order valence-corrected chi connectivity index (χ1v) is 11.6. The average Bonchev–Trinajstić information content (AvgIpc) is 2.74. The molecule has 31 heavy (non-hydrogen) atoms. The summed E-state index contributed by atoms with van der Waals surface area (Å²) in [5, 5.41) is 10.4. The van der Waals surface area contributed by atoms with E-state index in [1.807, 2.05) is 0 Å². The van der Waals surface area contributed by atoms with Crippen LogP contribution in [0.25, 0.3) is 11.6 Å². The topological polar surface area (TPSA) is 76.4 Å². The largest absolute Gasteiger partial charge is 0.493 e. The molecule has 9 heteroatoms. The van der Waals surface area contributed by atoms with Crippen molar-refractivity contribution in [2.75, 3.05) is 7.11 Å². The summed E-state index contributed by atoms with van der Waals surface area (Å²) < 4.78 is 36.2. The number of nitrogens with zero attached hydrogens (tertiary/aromatic N) is 1. The van der Waals surface area contributed by atoms with Gasteiger partial charge in [-0.25, -0.2) is 0 Å². The molecule has 0 bridgehead atoms. The van der Waals surface area contributed by atoms with Crippen molar-refractivity contribution in [2.45, 2.75) is 4.90 Å². The maximum absolute atomic E-state index is 12.6. The van der Waals surface area contributed by atoms with Gasteiger partial charge in [-0.1, -0.05) is 47.5 Å². The molecule has 0 amide bonds. The second-order valence-corrected chi connectivity index (χ2v) is 9.42. The van der Waals surface area contributed by atoms with Crippen LogP contribution < -0.4 is 8.92 Å². The molecule has 0 heterocycles. The van der Waals surface area contributed by atoms with Gasteiger partial charge in [0.2, 0.25) is 0 Å². The van der Waals surface area contributed by atoms with Crippen LogP contribution in [0.15, 0.2) is 70.0 Å². The Morgan fingerprint density at radius 2 is 1.81 bits per heavy atom. The van der Waals surface area contributed by atoms with E-state index in [4.69, 9.17) is 32.1 Å². The zero-order valence-corrected chi connectivity index (χ0v) is 19.9. The van der Waals surface area contributed by atoms with Gasteiger partial charge in [-0.05, 0) is 64.0 Å². The smallest absolute Gasteiger partial charge is 0.339 e. The molecule has 0 radical (unpaired) electrons. The molecule has 3 aromatic rings. The summed E-state index contributed by atoms with van der Waals surface area (Å²) in [7, 11) is -2.68. The molecule has 0 aliphatic heterocycles. The van der Waals surface area contributed by atoms with Crippen LogP contribution in [0.3, 0.4) is 0 Å². The van der Waals surface area contributed by atoms with Crippen molar-refractivity contribution in [3.8, 4) is 17.6 Å². The molecule has 0 aliphatic rings. The Bertz CT molecular complexity index is 1300. The molecule has 0 unspecified atom stereocenters. The van der Waals surface area contributed by atoms with Gasteiger partial charge in [0.05, 0.1) is 28.2 Å². The van der Waals surface area contributed by atoms with Crippen molar-refractivity contribution in [1.29, 1.82) is 5.26 Å². The minimum Gasteiger partial charge on any atom is -0.493 e. The maximum Gasteiger partial charge on any atom is 0.339 e. The molecule has 0 atom stereocenters. The lowest BCUT2D eigenvalue weighted by Crippen LogP contribution is -2.10. The minimum atomic E-state index is -4.07. The molecule has 158 valence electrons. The fourth-order valence-corrected chi connectivity index (χ4v) is 4.83. The van der Waals surface area contributed by atoms with Crippen molar-refractivity contribution in [3.63, 3.8) is 0 Å². The van der Waals surface area contributed by atoms with Gasteiger partial charge in [0, 0.05) is 10.6 Å². The van der Waals surface area contributed by atoms with Crippen LogP contribution >= 0.6 is 39.1 Å². The van der Waals surface area contributed by atoms with Crippen LogP contribution in [0.1, 0.15) is 11.1 Å². The lowest BCUT2D eigenvalue weighted by molar-refractivity contribution is 0.389. The van der Waals surface area contributed by atoms with E-state index in [0.717, 1.165) is 0 Å². The summed E-state index contributed by atoms with van der Waals surface area (Å²) in [6.45, 7) is 0. The van der Waals surface area contributed by atoms with E-state index in [2.05, 4.69) is 22.0 Å². The SMILES string of the molecule is COc1cc(/C=C(\C#N)c2ccc(Cl)cc2Cl)cc(Br)c1OS(=O)(=O)c1ccccc1. The normalized spacial score (nSPS) is 11.6. The van der Waals surface area contributed by atoms with Gasteiger partial charge in [0.25, 0.3) is 0 Å². The highest BCUT2D eigenvalue weighted by molar-refractivity contribution is 9.10. The molecule has 0 aromatic heterocycles. The Morgan fingerprint density at radius 1 is 1.10 bits per heavy atom. The Balaban J connectivity index is 2.03. The standard InChI is InChI=1S/C22H14BrCl2NO4S/c1-29-21-11-14(9-15(13-26)18-8-7-16(24)12-20(18)25)10-19(23)22(21)30-31(27,28)17-5-3-2-4-6-17/h2-12H,1H3/b15-9+. The predicted octanol–water partition coefficient (Wildman–Crippen LogP) is 6.60. The second kappa shape index (κ2) is 9.75. The Kier molecular flexibility index (Phi) is 7.29. The number of allylic oxidation sites excluding steroid dienone is 1. The van der Waals surface area contributed by atoms with Gasteiger partial charge < -0.3 is 8.92 Å². The molecule has 0 fully saturated rings. The molecule has 0 saturated carbocycles. The van der Waals surface area contributed by atoms with E-state index >= 15 is 0 Å². The predicted molar refractivity (Wildman–Crippen MR) is 125 cm³/mol. The third-order valence-electron chi connectivity index (χ3n) is 4.13. The Morgan fingerprint density at radius 3 is 2.42 bits per heavy atom. The third-order valence-corrected chi connectivity index (χ3v) is 6.50. The van der Waals surface area contributed by atoms with Crippen LogP contribution in [0, 0.1) is 11.3 Å². The van der Waals surface area contributed by atoms with Crippen LogP contribution in [-0.4, -0.2) is 15.5 Å². The molecule has 0 aliphatic carbocycles. The molecule has 3 aromatic carbocycles. The van der Waals surface area contributed by atoms with Crippen LogP contribution in [0.2, 0.25) is 10.0 Å². The second-order valence-electron chi connectivity index (χ2n) is 6.18. The zero-order chi connectivity index (χ0) is 22.6. The molecule has 0 N–H and O–H groups in total. The number of benzene rings is 3. The van der Waals surface area contributed by atoms with E-state index in [9.17, 15) is 13.7 Å². The van der Waals surface area contributed by atoms with E-state index < -0.39 is 10.1 Å². The van der Waals surface area contributed by atoms with E-state index in [1.165, 1.54) is 19.2 Å². The first kappa shape index (κ1) is 23.2. The monoisotopic (exact) mass is 537 g/mol. The summed E-state index contributed by atoms with van der Waals surface area (Å²) in [6.07, 6.45) is 1.60. The zero-order valence-electron chi connectivity index (χ0n) is 16.0. The lowest BCUT2D eigenvalue weighted by atomic mass is 10.0. The summed E-state index contributed by atoms with van der Waals surface area (Å²) in [5.41, 5.74) is 1.37. The fourth-order valence-electron chi connectivity index (χ4n) is 2.69. The molecular weight excluding hydrogens is 525 g/mol. The summed E-state index contributed by atoms with van der Waals surface area (Å²) in [5.74, 6) is 0.158. The van der Waals surface area contributed by atoms with Crippen LogP contribution in [0.5, 0.6) is 11.5 Å². The highest BCUT2D eigenvalue weighted by Crippen LogP contribution is 2.39. The van der Waals surface area contributed by atoms with Crippen molar-refractivity contribution in [3.05, 3.63) is 86.3 Å². The Hall–Kier alpha value is -2.50. The molecule has 0 saturated heterocycles. The van der Waals surface area contributed by atoms with Gasteiger partial charge in [0.1, 0.15) is 4.90 Å².